The number of nitrogens with zero attached hydrogens (tertiary/aromatic N) is 1. The standard InChI is InChI=1S/C20H18N4O3/c1-20(18(26)22-19(27)23-20)12-6-5-7-13(10-12)21-17(25)15-11-24(2)16-9-4-3-8-14(15)16/h3-11H,1-2H3,(H,21,25)(H2,22,23,26,27)/t20-/m1/s1. The van der Waals surface area contributed by atoms with Gasteiger partial charge in [0.15, 0.2) is 0 Å². The van der Waals surface area contributed by atoms with Gasteiger partial charge in [-0.05, 0) is 30.7 Å². The van der Waals surface area contributed by atoms with Crippen LogP contribution in [0, 0.1) is 0 Å². The van der Waals surface area contributed by atoms with Crippen LogP contribution in [0.5, 0.6) is 0 Å². The Morgan fingerprint density at radius 2 is 1.89 bits per heavy atom. The van der Waals surface area contributed by atoms with Crippen LogP contribution in [-0.4, -0.2) is 22.4 Å². The summed E-state index contributed by atoms with van der Waals surface area (Å²) in [5.74, 6) is -0.668. The predicted molar refractivity (Wildman–Crippen MR) is 101 cm³/mol. The van der Waals surface area contributed by atoms with Crippen LogP contribution in [0.2, 0.25) is 0 Å². The van der Waals surface area contributed by atoms with Crippen molar-refractivity contribution in [2.75, 3.05) is 5.32 Å². The molecule has 1 aromatic heterocycles. The number of aromatic nitrogens is 1. The maximum absolute atomic E-state index is 12.8. The minimum Gasteiger partial charge on any atom is -0.350 e. The van der Waals surface area contributed by atoms with Crippen LogP contribution in [0.3, 0.4) is 0 Å². The monoisotopic (exact) mass is 362 g/mol. The van der Waals surface area contributed by atoms with Crippen molar-refractivity contribution in [3.05, 3.63) is 65.9 Å². The van der Waals surface area contributed by atoms with E-state index in [-0.39, 0.29) is 5.91 Å². The zero-order valence-corrected chi connectivity index (χ0v) is 14.9. The number of para-hydroxylation sites is 1. The Labute approximate surface area is 155 Å². The number of hydrogen-bond donors (Lipinski definition) is 3. The summed E-state index contributed by atoms with van der Waals surface area (Å²) in [6, 6.07) is 14.0. The first kappa shape index (κ1) is 16.8. The third-order valence-corrected chi connectivity index (χ3v) is 4.88. The van der Waals surface area contributed by atoms with Gasteiger partial charge in [0.2, 0.25) is 0 Å². The molecule has 0 aliphatic carbocycles. The van der Waals surface area contributed by atoms with Crippen LogP contribution in [0.15, 0.2) is 54.7 Å². The number of amides is 4. The lowest BCUT2D eigenvalue weighted by Gasteiger charge is -2.21. The van der Waals surface area contributed by atoms with Gasteiger partial charge >= 0.3 is 6.03 Å². The van der Waals surface area contributed by atoms with E-state index in [1.807, 2.05) is 35.9 Å². The topological polar surface area (TPSA) is 92.2 Å². The summed E-state index contributed by atoms with van der Waals surface area (Å²) in [6.45, 7) is 1.62. The van der Waals surface area contributed by atoms with E-state index in [1.165, 1.54) is 0 Å². The fourth-order valence-corrected chi connectivity index (χ4v) is 3.38. The molecule has 1 aliphatic rings. The second-order valence-electron chi connectivity index (χ2n) is 6.74. The number of carbonyl (C=O) groups is 3. The maximum atomic E-state index is 12.8. The Morgan fingerprint density at radius 3 is 2.63 bits per heavy atom. The van der Waals surface area contributed by atoms with E-state index in [1.54, 1.807) is 37.4 Å². The highest BCUT2D eigenvalue weighted by atomic mass is 16.2. The number of nitrogens with one attached hydrogen (secondary N) is 3. The predicted octanol–water partition coefficient (Wildman–Crippen LogP) is 2.49. The summed E-state index contributed by atoms with van der Waals surface area (Å²) >= 11 is 0. The third-order valence-electron chi connectivity index (χ3n) is 4.88. The molecule has 2 heterocycles. The number of carbonyl (C=O) groups excluding carboxylic acids is 3. The third kappa shape index (κ3) is 2.73. The van der Waals surface area contributed by atoms with Crippen molar-refractivity contribution < 1.29 is 14.4 Å². The van der Waals surface area contributed by atoms with Crippen LogP contribution < -0.4 is 16.0 Å². The van der Waals surface area contributed by atoms with Crippen LogP contribution in [0.25, 0.3) is 10.9 Å². The molecule has 0 bridgehead atoms. The molecule has 0 saturated carbocycles. The summed E-state index contributed by atoms with van der Waals surface area (Å²) in [7, 11) is 1.89. The Balaban J connectivity index is 1.64. The van der Waals surface area contributed by atoms with Crippen LogP contribution in [-0.2, 0) is 17.4 Å². The van der Waals surface area contributed by atoms with Crippen LogP contribution in [0.4, 0.5) is 10.5 Å². The number of benzene rings is 2. The van der Waals surface area contributed by atoms with Crippen molar-refractivity contribution in [1.29, 1.82) is 0 Å². The number of hydrogen-bond acceptors (Lipinski definition) is 3. The quantitative estimate of drug-likeness (QED) is 0.625. The molecule has 3 aromatic rings. The number of aryl methyl sites for hydroxylation is 1. The number of imide groups is 1. The van der Waals surface area contributed by atoms with Gasteiger partial charge in [0.25, 0.3) is 11.8 Å². The highest BCUT2D eigenvalue weighted by Crippen LogP contribution is 2.27. The average molecular weight is 362 g/mol. The van der Waals surface area contributed by atoms with Gasteiger partial charge in [0.1, 0.15) is 5.54 Å². The van der Waals surface area contributed by atoms with E-state index in [0.717, 1.165) is 10.9 Å². The summed E-state index contributed by atoms with van der Waals surface area (Å²) < 4.78 is 1.90. The molecule has 0 unspecified atom stereocenters. The van der Waals surface area contributed by atoms with Gasteiger partial charge in [-0.1, -0.05) is 30.3 Å². The molecule has 0 radical (unpaired) electrons. The molecule has 1 saturated heterocycles. The molecule has 0 spiro atoms. The van der Waals surface area contributed by atoms with Crippen molar-refractivity contribution in [3.63, 3.8) is 0 Å². The van der Waals surface area contributed by atoms with E-state index in [0.29, 0.717) is 16.8 Å². The van der Waals surface area contributed by atoms with Crippen molar-refractivity contribution in [1.82, 2.24) is 15.2 Å². The highest BCUT2D eigenvalue weighted by Gasteiger charge is 2.43. The molecule has 1 aliphatic heterocycles. The zero-order valence-electron chi connectivity index (χ0n) is 14.9. The lowest BCUT2D eigenvalue weighted by atomic mass is 9.92. The molecule has 27 heavy (non-hydrogen) atoms. The number of rotatable bonds is 3. The Hall–Kier alpha value is -3.61. The summed E-state index contributed by atoms with van der Waals surface area (Å²) in [5, 5.41) is 8.59. The minimum absolute atomic E-state index is 0.242. The summed E-state index contributed by atoms with van der Waals surface area (Å²) in [4.78, 5) is 36.4. The second-order valence-corrected chi connectivity index (χ2v) is 6.74. The smallest absolute Gasteiger partial charge is 0.322 e. The van der Waals surface area contributed by atoms with E-state index >= 15 is 0 Å². The summed E-state index contributed by atoms with van der Waals surface area (Å²) in [5.41, 5.74) is 1.49. The molecular weight excluding hydrogens is 344 g/mol. The molecule has 2 aromatic carbocycles. The molecule has 1 atom stereocenters. The van der Waals surface area contributed by atoms with E-state index in [9.17, 15) is 14.4 Å². The van der Waals surface area contributed by atoms with Crippen LogP contribution >= 0.6 is 0 Å². The van der Waals surface area contributed by atoms with Gasteiger partial charge in [-0.2, -0.15) is 0 Å². The zero-order chi connectivity index (χ0) is 19.2. The minimum atomic E-state index is -1.17. The fraction of sp³-hybridized carbons (Fsp3) is 0.150. The van der Waals surface area contributed by atoms with Crippen molar-refractivity contribution in [2.45, 2.75) is 12.5 Å². The lowest BCUT2D eigenvalue weighted by molar-refractivity contribution is -0.123. The Morgan fingerprint density at radius 1 is 1.11 bits per heavy atom. The van der Waals surface area contributed by atoms with Crippen LogP contribution in [0.1, 0.15) is 22.8 Å². The second kappa shape index (κ2) is 5.98. The van der Waals surface area contributed by atoms with Crippen molar-refractivity contribution >= 4 is 34.4 Å². The van der Waals surface area contributed by atoms with Crippen molar-refractivity contribution in [3.8, 4) is 0 Å². The first-order chi connectivity index (χ1) is 12.9. The van der Waals surface area contributed by atoms with Gasteiger partial charge in [0.05, 0.1) is 5.56 Å². The molecule has 1 fully saturated rings. The fourth-order valence-electron chi connectivity index (χ4n) is 3.38. The first-order valence-corrected chi connectivity index (χ1v) is 8.48. The van der Waals surface area contributed by atoms with E-state index in [2.05, 4.69) is 16.0 Å². The number of urea groups is 1. The van der Waals surface area contributed by atoms with Gasteiger partial charge < -0.3 is 15.2 Å². The summed E-state index contributed by atoms with van der Waals surface area (Å²) in [6.07, 6.45) is 1.79. The normalized spacial score (nSPS) is 19.0. The largest absolute Gasteiger partial charge is 0.350 e. The molecule has 7 nitrogen and oxygen atoms in total. The number of anilines is 1. The number of fused-ring (bicyclic) bond motifs is 1. The molecular formula is C20H18N4O3. The van der Waals surface area contributed by atoms with E-state index in [4.69, 9.17) is 0 Å². The molecule has 4 rings (SSSR count). The maximum Gasteiger partial charge on any atom is 0.322 e. The molecule has 4 amide bonds. The Bertz CT molecular complexity index is 1100. The highest BCUT2D eigenvalue weighted by molar-refractivity contribution is 6.13. The lowest BCUT2D eigenvalue weighted by Crippen LogP contribution is -2.40. The molecule has 136 valence electrons. The van der Waals surface area contributed by atoms with E-state index < -0.39 is 17.5 Å². The van der Waals surface area contributed by atoms with Gasteiger partial charge in [-0.15, -0.1) is 0 Å². The first-order valence-electron chi connectivity index (χ1n) is 8.48. The average Bonchev–Trinajstić information content (AvgIpc) is 3.12. The molecule has 3 N–H and O–H groups in total. The van der Waals surface area contributed by atoms with Gasteiger partial charge in [-0.25, -0.2) is 4.79 Å². The SMILES string of the molecule is Cn1cc(C(=O)Nc2cccc([C@@]3(C)NC(=O)NC3=O)c2)c2ccccc21. The van der Waals surface area contributed by atoms with Crippen molar-refractivity contribution in [2.24, 2.45) is 7.05 Å². The van der Waals surface area contributed by atoms with Gasteiger partial charge in [0, 0.05) is 29.8 Å². The Kier molecular flexibility index (Phi) is 3.73. The molecule has 7 heteroatoms. The van der Waals surface area contributed by atoms with Gasteiger partial charge in [-0.3, -0.25) is 14.9 Å².